The van der Waals surface area contributed by atoms with Crippen molar-refractivity contribution in [3.05, 3.63) is 35.4 Å². The van der Waals surface area contributed by atoms with Crippen molar-refractivity contribution in [3.63, 3.8) is 0 Å². The van der Waals surface area contributed by atoms with Crippen molar-refractivity contribution in [2.24, 2.45) is 0 Å². The molecule has 22 heavy (non-hydrogen) atoms. The maximum atomic E-state index is 12.2. The standard InChI is InChI=1S/C17H26N2O3/c1-2-22-12-16(20)11-19-17(21)15-5-3-4-14(10-15)13-6-8-18-9-7-13/h3-5,10,13,16,18,20H,2,6-9,11-12H2,1H3,(H,19,21). The van der Waals surface area contributed by atoms with Crippen LogP contribution in [0.25, 0.3) is 0 Å². The van der Waals surface area contributed by atoms with Crippen LogP contribution in [0, 0.1) is 0 Å². The number of benzene rings is 1. The van der Waals surface area contributed by atoms with Crippen molar-refractivity contribution >= 4 is 5.91 Å². The number of nitrogens with one attached hydrogen (secondary N) is 2. The smallest absolute Gasteiger partial charge is 0.251 e. The van der Waals surface area contributed by atoms with Gasteiger partial charge >= 0.3 is 0 Å². The van der Waals surface area contributed by atoms with Gasteiger partial charge in [0.25, 0.3) is 5.91 Å². The van der Waals surface area contributed by atoms with Crippen LogP contribution < -0.4 is 10.6 Å². The van der Waals surface area contributed by atoms with E-state index in [1.807, 2.05) is 25.1 Å². The fourth-order valence-electron chi connectivity index (χ4n) is 2.71. The third kappa shape index (κ3) is 5.09. The van der Waals surface area contributed by atoms with Crippen LogP contribution in [-0.4, -0.2) is 50.0 Å². The van der Waals surface area contributed by atoms with Gasteiger partial charge in [-0.15, -0.1) is 0 Å². The first-order valence-corrected chi connectivity index (χ1v) is 8.05. The zero-order valence-electron chi connectivity index (χ0n) is 13.2. The SMILES string of the molecule is CCOCC(O)CNC(=O)c1cccc(C2CCNCC2)c1. The number of carbonyl (C=O) groups excluding carboxylic acids is 1. The van der Waals surface area contributed by atoms with Crippen molar-refractivity contribution < 1.29 is 14.6 Å². The maximum absolute atomic E-state index is 12.2. The van der Waals surface area contributed by atoms with Gasteiger partial charge in [0.1, 0.15) is 0 Å². The third-order valence-corrected chi connectivity index (χ3v) is 3.97. The highest BCUT2D eigenvalue weighted by Crippen LogP contribution is 2.25. The van der Waals surface area contributed by atoms with Gasteiger partial charge in [0, 0.05) is 18.7 Å². The summed E-state index contributed by atoms with van der Waals surface area (Å²) in [5.41, 5.74) is 1.88. The molecule has 2 rings (SSSR count). The molecule has 0 spiro atoms. The van der Waals surface area contributed by atoms with Crippen LogP contribution in [0.2, 0.25) is 0 Å². The van der Waals surface area contributed by atoms with E-state index in [1.165, 1.54) is 5.56 Å². The quantitative estimate of drug-likeness (QED) is 0.710. The molecule has 0 bridgehead atoms. The van der Waals surface area contributed by atoms with E-state index in [1.54, 1.807) is 0 Å². The van der Waals surface area contributed by atoms with E-state index in [0.29, 0.717) is 18.1 Å². The normalized spacial score (nSPS) is 17.2. The van der Waals surface area contributed by atoms with Crippen molar-refractivity contribution in [2.75, 3.05) is 32.8 Å². The van der Waals surface area contributed by atoms with E-state index in [9.17, 15) is 9.90 Å². The van der Waals surface area contributed by atoms with Crippen LogP contribution in [0.4, 0.5) is 0 Å². The Labute approximate surface area is 132 Å². The number of hydrogen-bond donors (Lipinski definition) is 3. The highest BCUT2D eigenvalue weighted by molar-refractivity contribution is 5.94. The van der Waals surface area contributed by atoms with E-state index in [4.69, 9.17) is 4.74 Å². The predicted octanol–water partition coefficient (Wildman–Crippen LogP) is 1.28. The van der Waals surface area contributed by atoms with Crippen molar-refractivity contribution in [2.45, 2.75) is 31.8 Å². The van der Waals surface area contributed by atoms with Crippen LogP contribution in [0.5, 0.6) is 0 Å². The number of aliphatic hydroxyl groups excluding tert-OH is 1. The Bertz CT molecular complexity index is 473. The van der Waals surface area contributed by atoms with Crippen molar-refractivity contribution in [1.82, 2.24) is 10.6 Å². The van der Waals surface area contributed by atoms with Gasteiger partial charge in [-0.3, -0.25) is 4.79 Å². The highest BCUT2D eigenvalue weighted by Gasteiger charge is 2.16. The number of piperidine rings is 1. The second kappa shape index (κ2) is 8.88. The number of amides is 1. The molecule has 122 valence electrons. The first kappa shape index (κ1) is 16.9. The molecule has 1 aromatic carbocycles. The van der Waals surface area contributed by atoms with Gasteiger partial charge in [-0.2, -0.15) is 0 Å². The molecule has 1 aliphatic rings. The average molecular weight is 306 g/mol. The zero-order valence-corrected chi connectivity index (χ0v) is 13.2. The Kier molecular flexibility index (Phi) is 6.83. The summed E-state index contributed by atoms with van der Waals surface area (Å²) in [4.78, 5) is 12.2. The molecule has 1 fully saturated rings. The van der Waals surface area contributed by atoms with E-state index >= 15 is 0 Å². The lowest BCUT2D eigenvalue weighted by Crippen LogP contribution is -2.34. The first-order valence-electron chi connectivity index (χ1n) is 8.05. The number of hydrogen-bond acceptors (Lipinski definition) is 4. The molecule has 5 heteroatoms. The lowest BCUT2D eigenvalue weighted by atomic mass is 9.89. The van der Waals surface area contributed by atoms with Crippen LogP contribution in [0.1, 0.15) is 41.6 Å². The number of rotatable bonds is 7. The summed E-state index contributed by atoms with van der Waals surface area (Å²) in [6.45, 7) is 4.94. The molecule has 1 atom stereocenters. The monoisotopic (exact) mass is 306 g/mol. The zero-order chi connectivity index (χ0) is 15.8. The van der Waals surface area contributed by atoms with E-state index in [0.717, 1.165) is 25.9 Å². The van der Waals surface area contributed by atoms with Gasteiger partial charge in [-0.1, -0.05) is 12.1 Å². The second-order valence-electron chi connectivity index (χ2n) is 5.67. The van der Waals surface area contributed by atoms with Crippen molar-refractivity contribution in [3.8, 4) is 0 Å². The minimum Gasteiger partial charge on any atom is -0.389 e. The van der Waals surface area contributed by atoms with Crippen molar-refractivity contribution in [1.29, 1.82) is 0 Å². The number of aliphatic hydroxyl groups is 1. The Balaban J connectivity index is 1.89. The molecule has 0 aromatic heterocycles. The van der Waals surface area contributed by atoms with Crippen LogP contribution in [0.15, 0.2) is 24.3 Å². The minimum absolute atomic E-state index is 0.147. The largest absolute Gasteiger partial charge is 0.389 e. The summed E-state index contributed by atoms with van der Waals surface area (Å²) in [5, 5.41) is 15.8. The molecule has 1 aliphatic heterocycles. The molecule has 1 aromatic rings. The summed E-state index contributed by atoms with van der Waals surface area (Å²) >= 11 is 0. The Hall–Kier alpha value is -1.43. The lowest BCUT2D eigenvalue weighted by molar-refractivity contribution is 0.0418. The van der Waals surface area contributed by atoms with Gasteiger partial charge < -0.3 is 20.5 Å². The average Bonchev–Trinajstić information content (AvgIpc) is 2.58. The lowest BCUT2D eigenvalue weighted by Gasteiger charge is -2.23. The molecule has 0 saturated carbocycles. The Morgan fingerprint density at radius 1 is 1.45 bits per heavy atom. The molecule has 0 radical (unpaired) electrons. The molecule has 5 nitrogen and oxygen atoms in total. The second-order valence-corrected chi connectivity index (χ2v) is 5.67. The molecule has 0 aliphatic carbocycles. The first-order chi connectivity index (χ1) is 10.7. The summed E-state index contributed by atoms with van der Waals surface area (Å²) in [5.74, 6) is 0.379. The van der Waals surface area contributed by atoms with E-state index < -0.39 is 6.10 Å². The van der Waals surface area contributed by atoms with Gasteiger partial charge in [0.05, 0.1) is 12.7 Å². The molecule has 1 heterocycles. The molecular weight excluding hydrogens is 280 g/mol. The van der Waals surface area contributed by atoms with Gasteiger partial charge in [-0.25, -0.2) is 0 Å². The van der Waals surface area contributed by atoms with Crippen LogP contribution >= 0.6 is 0 Å². The molecule has 3 N–H and O–H groups in total. The van der Waals surface area contributed by atoms with Crippen LogP contribution in [0.3, 0.4) is 0 Å². The summed E-state index contributed by atoms with van der Waals surface area (Å²) in [6.07, 6.45) is 1.55. The van der Waals surface area contributed by atoms with Gasteiger partial charge in [0.2, 0.25) is 0 Å². The topological polar surface area (TPSA) is 70.6 Å². The maximum Gasteiger partial charge on any atom is 0.251 e. The fourth-order valence-corrected chi connectivity index (χ4v) is 2.71. The van der Waals surface area contributed by atoms with Gasteiger partial charge in [0.15, 0.2) is 0 Å². The van der Waals surface area contributed by atoms with E-state index in [2.05, 4.69) is 16.7 Å². The molecule has 1 saturated heterocycles. The van der Waals surface area contributed by atoms with Crippen LogP contribution in [-0.2, 0) is 4.74 Å². The Morgan fingerprint density at radius 3 is 2.95 bits per heavy atom. The van der Waals surface area contributed by atoms with E-state index in [-0.39, 0.29) is 19.1 Å². The fraction of sp³-hybridized carbons (Fsp3) is 0.588. The molecular formula is C17H26N2O3. The summed E-state index contributed by atoms with van der Waals surface area (Å²) < 4.78 is 5.12. The number of carbonyl (C=O) groups is 1. The Morgan fingerprint density at radius 2 is 2.23 bits per heavy atom. The highest BCUT2D eigenvalue weighted by atomic mass is 16.5. The predicted molar refractivity (Wildman–Crippen MR) is 86.1 cm³/mol. The molecule has 1 unspecified atom stereocenters. The number of ether oxygens (including phenoxy) is 1. The summed E-state index contributed by atoms with van der Waals surface area (Å²) in [6, 6.07) is 7.81. The van der Waals surface area contributed by atoms with Gasteiger partial charge in [-0.05, 0) is 56.5 Å². The third-order valence-electron chi connectivity index (χ3n) is 3.97. The minimum atomic E-state index is -0.670. The summed E-state index contributed by atoms with van der Waals surface area (Å²) in [7, 11) is 0. The molecule has 1 amide bonds.